The van der Waals surface area contributed by atoms with E-state index in [0.29, 0.717) is 28.4 Å². The molecule has 0 aromatic heterocycles. The third kappa shape index (κ3) is 6.72. The molecule has 0 heterocycles. The van der Waals surface area contributed by atoms with Crippen LogP contribution in [0.2, 0.25) is 0 Å². The van der Waals surface area contributed by atoms with Crippen molar-refractivity contribution in [1.29, 1.82) is 0 Å². The zero-order chi connectivity index (χ0) is 24.6. The lowest BCUT2D eigenvalue weighted by Crippen LogP contribution is -2.20. The maximum Gasteiger partial charge on any atom is 0.338 e. The van der Waals surface area contributed by atoms with E-state index in [2.05, 4.69) is 10.0 Å². The quantitative estimate of drug-likeness (QED) is 0.421. The van der Waals surface area contributed by atoms with Crippen molar-refractivity contribution < 1.29 is 32.2 Å². The summed E-state index contributed by atoms with van der Waals surface area (Å²) in [7, 11) is -2.27. The van der Waals surface area contributed by atoms with E-state index in [-0.39, 0.29) is 18.1 Å². The van der Waals surface area contributed by atoms with Gasteiger partial charge in [-0.3, -0.25) is 9.52 Å². The standard InChI is InChI=1S/C24H24N2O7S/c1-3-32-24(28)17-4-6-18(7-5-17)25-23(27)16-33-21-12-14-22(15-13-21)34(29,30)26-19-8-10-20(31-2)11-9-19/h4-15,26H,3,16H2,1-2H3,(H,25,27). The fourth-order valence-electron chi connectivity index (χ4n) is 2.84. The van der Waals surface area contributed by atoms with Gasteiger partial charge in [-0.1, -0.05) is 0 Å². The summed E-state index contributed by atoms with van der Waals surface area (Å²) in [6.07, 6.45) is 0. The minimum atomic E-state index is -3.79. The Balaban J connectivity index is 1.52. The summed E-state index contributed by atoms with van der Waals surface area (Å²) < 4.78 is 43.0. The predicted octanol–water partition coefficient (Wildman–Crippen LogP) is 3.69. The van der Waals surface area contributed by atoms with Gasteiger partial charge < -0.3 is 19.5 Å². The van der Waals surface area contributed by atoms with Gasteiger partial charge in [0.1, 0.15) is 11.5 Å². The molecule has 178 valence electrons. The average Bonchev–Trinajstić information content (AvgIpc) is 2.84. The smallest absolute Gasteiger partial charge is 0.338 e. The molecule has 9 nitrogen and oxygen atoms in total. The van der Waals surface area contributed by atoms with E-state index in [1.165, 1.54) is 31.4 Å². The van der Waals surface area contributed by atoms with Crippen molar-refractivity contribution >= 4 is 33.3 Å². The van der Waals surface area contributed by atoms with Crippen LogP contribution in [0.15, 0.2) is 77.7 Å². The van der Waals surface area contributed by atoms with Gasteiger partial charge in [0.05, 0.1) is 24.2 Å². The first-order valence-electron chi connectivity index (χ1n) is 10.3. The lowest BCUT2D eigenvalue weighted by Gasteiger charge is -2.10. The summed E-state index contributed by atoms with van der Waals surface area (Å²) >= 11 is 0. The van der Waals surface area contributed by atoms with Crippen LogP contribution in [-0.4, -0.2) is 40.6 Å². The lowest BCUT2D eigenvalue weighted by atomic mass is 10.2. The predicted molar refractivity (Wildman–Crippen MR) is 127 cm³/mol. The number of carbonyl (C=O) groups is 2. The zero-order valence-electron chi connectivity index (χ0n) is 18.6. The Kier molecular flexibility index (Phi) is 8.10. The Morgan fingerprint density at radius 1 is 0.824 bits per heavy atom. The van der Waals surface area contributed by atoms with Crippen LogP contribution in [-0.2, 0) is 19.6 Å². The third-order valence-electron chi connectivity index (χ3n) is 4.53. The van der Waals surface area contributed by atoms with Crippen LogP contribution < -0.4 is 19.5 Å². The molecule has 2 N–H and O–H groups in total. The third-order valence-corrected chi connectivity index (χ3v) is 5.92. The number of sulfonamides is 1. The van der Waals surface area contributed by atoms with Crippen LogP contribution >= 0.6 is 0 Å². The van der Waals surface area contributed by atoms with Crippen molar-refractivity contribution in [3.05, 3.63) is 78.4 Å². The summed E-state index contributed by atoms with van der Waals surface area (Å²) in [5.74, 6) is 0.0912. The van der Waals surface area contributed by atoms with E-state index in [9.17, 15) is 18.0 Å². The van der Waals surface area contributed by atoms with Crippen LogP contribution in [0.4, 0.5) is 11.4 Å². The Hall–Kier alpha value is -4.05. The van der Waals surface area contributed by atoms with Gasteiger partial charge in [-0.2, -0.15) is 0 Å². The van der Waals surface area contributed by atoms with Crippen molar-refractivity contribution in [2.45, 2.75) is 11.8 Å². The number of ether oxygens (including phenoxy) is 3. The molecule has 0 atom stereocenters. The number of hydrogen-bond donors (Lipinski definition) is 2. The fourth-order valence-corrected chi connectivity index (χ4v) is 3.90. The van der Waals surface area contributed by atoms with Crippen molar-refractivity contribution in [3.8, 4) is 11.5 Å². The highest BCUT2D eigenvalue weighted by atomic mass is 32.2. The minimum absolute atomic E-state index is 0.0433. The van der Waals surface area contributed by atoms with Crippen molar-refractivity contribution in [1.82, 2.24) is 0 Å². The van der Waals surface area contributed by atoms with Gasteiger partial charge in [0.25, 0.3) is 15.9 Å². The molecule has 0 aliphatic carbocycles. The molecular weight excluding hydrogens is 460 g/mol. The van der Waals surface area contributed by atoms with Crippen molar-refractivity contribution in [3.63, 3.8) is 0 Å². The topological polar surface area (TPSA) is 120 Å². The van der Waals surface area contributed by atoms with E-state index >= 15 is 0 Å². The van der Waals surface area contributed by atoms with E-state index < -0.39 is 21.9 Å². The molecule has 0 fully saturated rings. The van der Waals surface area contributed by atoms with E-state index in [0.717, 1.165) is 0 Å². The van der Waals surface area contributed by atoms with Crippen molar-refractivity contribution in [2.75, 3.05) is 30.4 Å². The second-order valence-electron chi connectivity index (χ2n) is 6.94. The number of anilines is 2. The highest BCUT2D eigenvalue weighted by Crippen LogP contribution is 2.21. The molecule has 34 heavy (non-hydrogen) atoms. The molecule has 0 unspecified atom stereocenters. The highest BCUT2D eigenvalue weighted by molar-refractivity contribution is 7.92. The van der Waals surface area contributed by atoms with Crippen molar-refractivity contribution in [2.24, 2.45) is 0 Å². The Morgan fingerprint density at radius 3 is 2.00 bits per heavy atom. The number of hydrogen-bond acceptors (Lipinski definition) is 7. The van der Waals surface area contributed by atoms with Crippen LogP contribution in [0.3, 0.4) is 0 Å². The number of rotatable bonds is 10. The second kappa shape index (κ2) is 11.2. The average molecular weight is 485 g/mol. The van der Waals surface area contributed by atoms with Crippen LogP contribution in [0.1, 0.15) is 17.3 Å². The number of carbonyl (C=O) groups excluding carboxylic acids is 2. The Labute approximate surface area is 197 Å². The maximum atomic E-state index is 12.6. The molecule has 0 spiro atoms. The molecule has 0 radical (unpaired) electrons. The summed E-state index contributed by atoms with van der Waals surface area (Å²) in [6, 6.07) is 18.4. The first-order valence-corrected chi connectivity index (χ1v) is 11.8. The summed E-state index contributed by atoms with van der Waals surface area (Å²) in [4.78, 5) is 23.8. The van der Waals surface area contributed by atoms with Gasteiger partial charge >= 0.3 is 5.97 Å². The number of amides is 1. The normalized spacial score (nSPS) is 10.8. The van der Waals surface area contributed by atoms with Gasteiger partial charge in [0.2, 0.25) is 0 Å². The summed E-state index contributed by atoms with van der Waals surface area (Å²) in [5.41, 5.74) is 1.27. The summed E-state index contributed by atoms with van der Waals surface area (Å²) in [6.45, 7) is 1.72. The highest BCUT2D eigenvalue weighted by Gasteiger charge is 2.15. The molecule has 0 saturated carbocycles. The number of esters is 1. The SMILES string of the molecule is CCOC(=O)c1ccc(NC(=O)COc2ccc(S(=O)(=O)Nc3ccc(OC)cc3)cc2)cc1. The Morgan fingerprint density at radius 2 is 1.41 bits per heavy atom. The van der Waals surface area contributed by atoms with Gasteiger partial charge in [-0.05, 0) is 79.7 Å². The molecular formula is C24H24N2O7S. The van der Waals surface area contributed by atoms with Gasteiger partial charge in [-0.15, -0.1) is 0 Å². The molecule has 3 aromatic carbocycles. The molecule has 3 aromatic rings. The minimum Gasteiger partial charge on any atom is -0.497 e. The number of nitrogens with one attached hydrogen (secondary N) is 2. The molecule has 3 rings (SSSR count). The van der Waals surface area contributed by atoms with Gasteiger partial charge in [0.15, 0.2) is 6.61 Å². The van der Waals surface area contributed by atoms with Crippen LogP contribution in [0.5, 0.6) is 11.5 Å². The molecule has 0 bridgehead atoms. The molecule has 0 aliphatic heterocycles. The number of methoxy groups -OCH3 is 1. The monoisotopic (exact) mass is 484 g/mol. The molecule has 10 heteroatoms. The van der Waals surface area contributed by atoms with Crippen LogP contribution in [0.25, 0.3) is 0 Å². The summed E-state index contributed by atoms with van der Waals surface area (Å²) in [5, 5.41) is 2.65. The van der Waals surface area contributed by atoms with Gasteiger partial charge in [-0.25, -0.2) is 13.2 Å². The molecule has 0 saturated heterocycles. The van der Waals surface area contributed by atoms with E-state index in [1.54, 1.807) is 55.5 Å². The Bertz CT molecular complexity index is 1220. The first kappa shape index (κ1) is 24.6. The number of benzene rings is 3. The zero-order valence-corrected chi connectivity index (χ0v) is 19.4. The molecule has 0 aliphatic rings. The second-order valence-corrected chi connectivity index (χ2v) is 8.62. The van der Waals surface area contributed by atoms with E-state index in [1.807, 2.05) is 0 Å². The maximum absolute atomic E-state index is 12.6. The molecule has 1 amide bonds. The van der Waals surface area contributed by atoms with Gasteiger partial charge in [0, 0.05) is 11.4 Å². The van der Waals surface area contributed by atoms with E-state index in [4.69, 9.17) is 14.2 Å². The fraction of sp³-hybridized carbons (Fsp3) is 0.167. The largest absolute Gasteiger partial charge is 0.497 e. The lowest BCUT2D eigenvalue weighted by molar-refractivity contribution is -0.118. The van der Waals surface area contributed by atoms with Crippen LogP contribution in [0, 0.1) is 0 Å². The first-order chi connectivity index (χ1) is 16.3.